The van der Waals surface area contributed by atoms with Crippen molar-refractivity contribution in [3.8, 4) is 0 Å². The van der Waals surface area contributed by atoms with Gasteiger partial charge in [0, 0.05) is 35.3 Å². The van der Waals surface area contributed by atoms with Crippen molar-refractivity contribution >= 4 is 59.0 Å². The predicted octanol–water partition coefficient (Wildman–Crippen LogP) is 8.09. The van der Waals surface area contributed by atoms with Crippen LogP contribution in [0, 0.1) is 35.5 Å². The second-order valence-electron chi connectivity index (χ2n) is 21.6. The van der Waals surface area contributed by atoms with Crippen LogP contribution in [0.5, 0.6) is 0 Å². The van der Waals surface area contributed by atoms with Crippen molar-refractivity contribution < 1.29 is 76.3 Å². The van der Waals surface area contributed by atoms with Gasteiger partial charge < -0.3 is 59.0 Å². The maximum absolute atomic E-state index is 14.8. The number of halogens is 2. The summed E-state index contributed by atoms with van der Waals surface area (Å²) < 4.78 is 46.9. The molecular formula is C62H78Cl2N4O16. The van der Waals surface area contributed by atoms with Gasteiger partial charge in [0.25, 0.3) is 0 Å². The number of hydrogen-bond donors (Lipinski definition) is 2. The number of nitrogens with zero attached hydrogens (tertiary/aromatic N) is 2. The minimum Gasteiger partial charge on any atom is -0.463 e. The molecule has 2 aromatic carbocycles. The summed E-state index contributed by atoms with van der Waals surface area (Å²) in [5, 5.41) is 2.45. The largest absolute Gasteiger partial charge is 0.463 e. The quantitative estimate of drug-likeness (QED) is 0.0290. The number of hydroxylamine groups is 4. The van der Waals surface area contributed by atoms with Gasteiger partial charge in [0.2, 0.25) is 0 Å². The lowest BCUT2D eigenvalue weighted by molar-refractivity contribution is -0.174. The highest BCUT2D eigenvalue weighted by Crippen LogP contribution is 2.52. The number of hydrogen-bond acceptors (Lipinski definition) is 20. The summed E-state index contributed by atoms with van der Waals surface area (Å²) in [7, 11) is 0. The highest BCUT2D eigenvalue weighted by atomic mass is 35.5. The van der Waals surface area contributed by atoms with Crippen LogP contribution in [0.2, 0.25) is 10.0 Å². The zero-order valence-electron chi connectivity index (χ0n) is 48.3. The average Bonchev–Trinajstić information content (AvgIpc) is 1.08. The van der Waals surface area contributed by atoms with E-state index in [1.807, 2.05) is 0 Å². The Balaban J connectivity index is 1.15. The zero-order chi connectivity index (χ0) is 59.9. The van der Waals surface area contributed by atoms with E-state index in [2.05, 4.69) is 0 Å². The molecule has 4 saturated carbocycles. The molecule has 2 aromatic rings. The van der Waals surface area contributed by atoms with E-state index in [0.717, 1.165) is 73.6 Å². The summed E-state index contributed by atoms with van der Waals surface area (Å²) in [6.45, 7) is 7.03. The molecule has 2 heterocycles. The van der Waals surface area contributed by atoms with Crippen LogP contribution in [-0.2, 0) is 76.3 Å². The Morgan fingerprint density at radius 1 is 0.500 bits per heavy atom. The van der Waals surface area contributed by atoms with Crippen molar-refractivity contribution in [2.45, 2.75) is 90.9 Å². The third kappa shape index (κ3) is 16.4. The Labute approximate surface area is 500 Å². The second kappa shape index (κ2) is 30.8. The monoisotopic (exact) mass is 1200 g/mol. The van der Waals surface area contributed by atoms with Crippen LogP contribution in [0.3, 0.4) is 0 Å². The van der Waals surface area contributed by atoms with Gasteiger partial charge in [0.1, 0.15) is 0 Å². The van der Waals surface area contributed by atoms with Crippen LogP contribution in [0.1, 0.15) is 102 Å². The normalized spacial score (nSPS) is 19.2. The van der Waals surface area contributed by atoms with E-state index in [0.29, 0.717) is 34.8 Å². The predicted molar refractivity (Wildman–Crippen MR) is 307 cm³/mol. The Kier molecular flexibility index (Phi) is 23.4. The van der Waals surface area contributed by atoms with Gasteiger partial charge in [-0.1, -0.05) is 59.6 Å². The second-order valence-corrected chi connectivity index (χ2v) is 22.4. The molecule has 6 aliphatic rings. The number of ether oxygens (including phenoxy) is 8. The lowest BCUT2D eigenvalue weighted by Crippen LogP contribution is -2.39. The maximum Gasteiger partial charge on any atom is 0.356 e. The van der Waals surface area contributed by atoms with Crippen LogP contribution < -0.4 is 11.5 Å². The first-order valence-electron chi connectivity index (χ1n) is 29.2. The van der Waals surface area contributed by atoms with Gasteiger partial charge in [0.05, 0.1) is 136 Å². The van der Waals surface area contributed by atoms with Crippen LogP contribution in [0.25, 0.3) is 0 Å². The molecule has 0 spiro atoms. The number of benzene rings is 2. The Hall–Kier alpha value is -6.10. The molecule has 0 saturated heterocycles. The van der Waals surface area contributed by atoms with Crippen molar-refractivity contribution in [3.63, 3.8) is 0 Å². The van der Waals surface area contributed by atoms with Crippen molar-refractivity contribution in [2.24, 2.45) is 47.0 Å². The van der Waals surface area contributed by atoms with Crippen molar-refractivity contribution in [1.29, 1.82) is 0 Å². The molecule has 22 heteroatoms. The van der Waals surface area contributed by atoms with Crippen molar-refractivity contribution in [1.82, 2.24) is 10.1 Å². The molecule has 456 valence electrons. The van der Waals surface area contributed by atoms with Gasteiger partial charge in [-0.25, -0.2) is 28.8 Å². The van der Waals surface area contributed by atoms with Gasteiger partial charge in [0.15, 0.2) is 0 Å². The first-order chi connectivity index (χ1) is 40.7. The van der Waals surface area contributed by atoms with E-state index in [4.69, 9.17) is 82.2 Å². The summed E-state index contributed by atoms with van der Waals surface area (Å²) in [5.74, 6) is -5.89. The van der Waals surface area contributed by atoms with Gasteiger partial charge >= 0.3 is 35.8 Å². The van der Waals surface area contributed by atoms with Crippen LogP contribution in [0.4, 0.5) is 0 Å². The van der Waals surface area contributed by atoms with Crippen LogP contribution in [0.15, 0.2) is 106 Å². The van der Waals surface area contributed by atoms with Gasteiger partial charge in [-0.2, -0.15) is 10.1 Å². The minimum absolute atomic E-state index is 0.0110. The lowest BCUT2D eigenvalue weighted by Gasteiger charge is -2.37. The molecule has 2 aliphatic heterocycles. The highest BCUT2D eigenvalue weighted by Gasteiger charge is 2.48. The molecule has 8 rings (SSSR count). The Morgan fingerprint density at radius 2 is 0.833 bits per heavy atom. The van der Waals surface area contributed by atoms with Crippen molar-refractivity contribution in [2.75, 3.05) is 92.4 Å². The van der Waals surface area contributed by atoms with Crippen LogP contribution >= 0.6 is 23.2 Å². The molecular weight excluding hydrogens is 1130 g/mol. The summed E-state index contributed by atoms with van der Waals surface area (Å²) in [6.07, 6.45) is 9.92. The maximum atomic E-state index is 14.8. The number of rotatable bonds is 34. The SMILES string of the molecule is CCOC(=O)C1=C(COCCOCCN)N(OC(=O)/C=C/C(=O)ON2C(C)=C(C(=O)OCC(C3CC3)C3CC3)[C@H](c3ccccc3Cl)C(C(=O)OCC)=C2COCCOCCN)C(C)=C(C(=O)OCC(C2CC2)C2CC2)[C@@H]1c1ccccc1Cl. The molecule has 4 aliphatic carbocycles. The molecule has 20 nitrogen and oxygen atoms in total. The molecule has 4 N–H and O–H groups in total. The Morgan fingerprint density at radius 3 is 1.15 bits per heavy atom. The van der Waals surface area contributed by atoms with Crippen LogP contribution in [-0.4, -0.2) is 138 Å². The molecule has 0 amide bonds. The molecule has 0 unspecified atom stereocenters. The summed E-state index contributed by atoms with van der Waals surface area (Å²) in [6, 6.07) is 13.5. The summed E-state index contributed by atoms with van der Waals surface area (Å²) in [4.78, 5) is 99.5. The smallest absolute Gasteiger partial charge is 0.356 e. The summed E-state index contributed by atoms with van der Waals surface area (Å²) in [5.41, 5.74) is 11.7. The molecule has 84 heavy (non-hydrogen) atoms. The first-order valence-corrected chi connectivity index (χ1v) is 30.0. The third-order valence-corrected chi connectivity index (χ3v) is 16.4. The molecule has 0 aromatic heterocycles. The van der Waals surface area contributed by atoms with Crippen molar-refractivity contribution in [3.05, 3.63) is 127 Å². The van der Waals surface area contributed by atoms with E-state index < -0.39 is 47.7 Å². The molecule has 4 fully saturated rings. The number of carbonyl (C=O) groups excluding carboxylic acids is 6. The minimum atomic E-state index is -1.19. The highest BCUT2D eigenvalue weighted by molar-refractivity contribution is 6.32. The fourth-order valence-corrected chi connectivity index (χ4v) is 11.6. The lowest BCUT2D eigenvalue weighted by atomic mass is 9.80. The molecule has 2 atom stereocenters. The summed E-state index contributed by atoms with van der Waals surface area (Å²) >= 11 is 13.8. The standard InChI is InChI=1S/C62H78Cl2N4O16/c1-5-79-61(73)57-49(35-77-31-29-75-27-25-65)67(37(3)53(55(57)43-11-7-9-13-47(43)63)59(71)81-33-45(39-15-16-39)40-17-18-40)83-51(69)23-24-52(70)84-68-38(4)54(60(72)82-34-46(41-19-20-41)42-21-22-42)56(44-12-8-10-14-48(44)64)58(62(74)80-6-2)50(68)36-78-32-30-76-28-26-66/h7-14,23-24,39-42,45-46,55-56H,5-6,15-22,25-36,65-66H2,1-4H3/b24-23+/t55-,56-/m0/s1. The number of esters is 4. The first kappa shape index (κ1) is 63.9. The number of carbonyl (C=O) groups is 6. The zero-order valence-corrected chi connectivity index (χ0v) is 49.8. The van der Waals surface area contributed by atoms with E-state index in [1.54, 1.807) is 62.4 Å². The fraction of sp³-hybridized carbons (Fsp3) is 0.548. The molecule has 0 radical (unpaired) electrons. The number of nitrogens with two attached hydrogens (primary N) is 2. The molecule has 0 bridgehead atoms. The van der Waals surface area contributed by atoms with E-state index in [9.17, 15) is 28.8 Å². The van der Waals surface area contributed by atoms with Gasteiger partial charge in [-0.3, -0.25) is 0 Å². The number of allylic oxidation sites excluding steroid dienone is 2. The van der Waals surface area contributed by atoms with Gasteiger partial charge in [-0.05, 0) is 138 Å². The van der Waals surface area contributed by atoms with E-state index in [-0.39, 0.29) is 159 Å². The van der Waals surface area contributed by atoms with Gasteiger partial charge in [-0.15, -0.1) is 0 Å². The average molecular weight is 1210 g/mol. The van der Waals surface area contributed by atoms with E-state index in [1.165, 1.54) is 13.8 Å². The van der Waals surface area contributed by atoms with E-state index >= 15 is 0 Å². The topological polar surface area (TPSA) is 253 Å². The Bertz CT molecular complexity index is 2660. The third-order valence-electron chi connectivity index (χ3n) is 15.7. The fourth-order valence-electron chi connectivity index (χ4n) is 11.1.